The molecule has 0 atom stereocenters. The molecule has 19 heavy (non-hydrogen) atoms. The molecule has 0 heterocycles. The Morgan fingerprint density at radius 2 is 1.68 bits per heavy atom. The Kier molecular flexibility index (Phi) is 8.39. The SMILES string of the molecule is CCCCCOC(=O)/C=C\C(=O)O[Si](C)(C)C(C)C. The van der Waals surface area contributed by atoms with Gasteiger partial charge in [-0.1, -0.05) is 33.6 Å². The number of hydrogen-bond donors (Lipinski definition) is 0. The predicted octanol–water partition coefficient (Wildman–Crippen LogP) is 3.43. The number of carbonyl (C=O) groups is 2. The van der Waals surface area contributed by atoms with Gasteiger partial charge in [-0.3, -0.25) is 0 Å². The van der Waals surface area contributed by atoms with E-state index in [2.05, 4.69) is 6.92 Å². The smallest absolute Gasteiger partial charge is 0.331 e. The van der Waals surface area contributed by atoms with E-state index in [1.807, 2.05) is 26.9 Å². The first-order valence-electron chi connectivity index (χ1n) is 6.87. The van der Waals surface area contributed by atoms with Crippen molar-refractivity contribution < 1.29 is 18.8 Å². The topological polar surface area (TPSA) is 52.6 Å². The molecule has 0 amide bonds. The van der Waals surface area contributed by atoms with Gasteiger partial charge < -0.3 is 9.16 Å². The fraction of sp³-hybridized carbons (Fsp3) is 0.714. The highest BCUT2D eigenvalue weighted by molar-refractivity contribution is 6.74. The Bertz CT molecular complexity index is 321. The van der Waals surface area contributed by atoms with E-state index in [0.29, 0.717) is 12.1 Å². The minimum Gasteiger partial charge on any atom is -0.516 e. The van der Waals surface area contributed by atoms with E-state index < -0.39 is 20.3 Å². The van der Waals surface area contributed by atoms with E-state index >= 15 is 0 Å². The van der Waals surface area contributed by atoms with Crippen LogP contribution in [0.2, 0.25) is 18.6 Å². The third-order valence-electron chi connectivity index (χ3n) is 3.10. The minimum absolute atomic E-state index is 0.339. The van der Waals surface area contributed by atoms with Crippen molar-refractivity contribution >= 4 is 20.3 Å². The molecule has 0 aromatic carbocycles. The second-order valence-corrected chi connectivity index (χ2v) is 9.95. The molecule has 5 heteroatoms. The van der Waals surface area contributed by atoms with E-state index in [-0.39, 0.29) is 0 Å². The summed E-state index contributed by atoms with van der Waals surface area (Å²) in [5.41, 5.74) is 0.339. The standard InChI is InChI=1S/C14H26O4Si/c1-6-7-8-11-17-13(15)9-10-14(16)18-19(4,5)12(2)3/h9-10,12H,6-8,11H2,1-5H3/b10-9-. The van der Waals surface area contributed by atoms with Crippen LogP contribution in [0.15, 0.2) is 12.2 Å². The Morgan fingerprint density at radius 1 is 1.11 bits per heavy atom. The van der Waals surface area contributed by atoms with Gasteiger partial charge >= 0.3 is 11.9 Å². The molecule has 0 unspecified atom stereocenters. The molecule has 0 aliphatic rings. The van der Waals surface area contributed by atoms with Gasteiger partial charge in [0.25, 0.3) is 8.32 Å². The molecule has 0 aromatic rings. The molecule has 110 valence electrons. The first-order chi connectivity index (χ1) is 8.79. The summed E-state index contributed by atoms with van der Waals surface area (Å²) < 4.78 is 10.3. The van der Waals surface area contributed by atoms with Crippen LogP contribution in [0.5, 0.6) is 0 Å². The average Bonchev–Trinajstić information content (AvgIpc) is 2.31. The van der Waals surface area contributed by atoms with Gasteiger partial charge in [-0.25, -0.2) is 9.59 Å². The van der Waals surface area contributed by atoms with Gasteiger partial charge in [0.05, 0.1) is 6.61 Å². The van der Waals surface area contributed by atoms with E-state index in [4.69, 9.17) is 9.16 Å². The molecule has 0 N–H and O–H groups in total. The van der Waals surface area contributed by atoms with Gasteiger partial charge in [0.2, 0.25) is 0 Å². The van der Waals surface area contributed by atoms with Gasteiger partial charge in [0, 0.05) is 12.2 Å². The maximum atomic E-state index is 11.6. The molecule has 4 nitrogen and oxygen atoms in total. The summed E-state index contributed by atoms with van der Waals surface area (Å²) in [4.78, 5) is 22.9. The third kappa shape index (κ3) is 8.59. The summed E-state index contributed by atoms with van der Waals surface area (Å²) in [5, 5.41) is 0. The molecule has 0 aliphatic heterocycles. The molecule has 0 aromatic heterocycles. The van der Waals surface area contributed by atoms with E-state index in [0.717, 1.165) is 31.4 Å². The van der Waals surface area contributed by atoms with Crippen LogP contribution in [-0.4, -0.2) is 26.9 Å². The Hall–Kier alpha value is -1.10. The number of esters is 1. The molecule has 0 saturated carbocycles. The normalized spacial score (nSPS) is 11.9. The largest absolute Gasteiger partial charge is 0.516 e. The summed E-state index contributed by atoms with van der Waals surface area (Å²) in [5.74, 6) is -0.951. The highest BCUT2D eigenvalue weighted by Crippen LogP contribution is 2.21. The lowest BCUT2D eigenvalue weighted by atomic mass is 10.3. The van der Waals surface area contributed by atoms with E-state index in [1.54, 1.807) is 0 Å². The Balaban J connectivity index is 4.05. The van der Waals surface area contributed by atoms with Crippen molar-refractivity contribution in [2.75, 3.05) is 6.61 Å². The molecular formula is C14H26O4Si. The van der Waals surface area contributed by atoms with Crippen molar-refractivity contribution in [2.24, 2.45) is 0 Å². The average molecular weight is 286 g/mol. The van der Waals surface area contributed by atoms with Crippen LogP contribution >= 0.6 is 0 Å². The number of carbonyl (C=O) groups excluding carboxylic acids is 2. The second kappa shape index (κ2) is 8.91. The van der Waals surface area contributed by atoms with Gasteiger partial charge in [-0.2, -0.15) is 0 Å². The lowest BCUT2D eigenvalue weighted by molar-refractivity contribution is -0.138. The monoisotopic (exact) mass is 286 g/mol. The molecule has 0 rings (SSSR count). The minimum atomic E-state index is -2.00. The second-order valence-electron chi connectivity index (χ2n) is 5.39. The number of rotatable bonds is 8. The van der Waals surface area contributed by atoms with Crippen LogP contribution in [0.1, 0.15) is 40.0 Å². The molecule has 0 bridgehead atoms. The van der Waals surface area contributed by atoms with Crippen molar-refractivity contribution in [1.82, 2.24) is 0 Å². The zero-order chi connectivity index (χ0) is 14.9. The van der Waals surface area contributed by atoms with Crippen LogP contribution in [0, 0.1) is 0 Å². The Morgan fingerprint density at radius 3 is 2.21 bits per heavy atom. The Labute approximate surface area is 117 Å². The van der Waals surface area contributed by atoms with Crippen LogP contribution in [0.4, 0.5) is 0 Å². The highest BCUT2D eigenvalue weighted by Gasteiger charge is 2.30. The van der Waals surface area contributed by atoms with E-state index in [1.165, 1.54) is 0 Å². The fourth-order valence-corrected chi connectivity index (χ4v) is 1.94. The van der Waals surface area contributed by atoms with Crippen LogP contribution in [0.25, 0.3) is 0 Å². The molecule has 0 fully saturated rings. The van der Waals surface area contributed by atoms with Gasteiger partial charge in [-0.05, 0) is 25.1 Å². The molecule has 0 spiro atoms. The molecule has 0 saturated heterocycles. The molecular weight excluding hydrogens is 260 g/mol. The number of hydrogen-bond acceptors (Lipinski definition) is 4. The zero-order valence-electron chi connectivity index (χ0n) is 12.7. The summed E-state index contributed by atoms with van der Waals surface area (Å²) in [6.45, 7) is 10.5. The van der Waals surface area contributed by atoms with Crippen molar-refractivity contribution in [1.29, 1.82) is 0 Å². The number of ether oxygens (including phenoxy) is 1. The molecule has 0 radical (unpaired) electrons. The van der Waals surface area contributed by atoms with Crippen molar-refractivity contribution in [3.63, 3.8) is 0 Å². The van der Waals surface area contributed by atoms with Crippen molar-refractivity contribution in [3.8, 4) is 0 Å². The van der Waals surface area contributed by atoms with Gasteiger partial charge in [-0.15, -0.1) is 0 Å². The molecule has 0 aliphatic carbocycles. The summed E-state index contributed by atoms with van der Waals surface area (Å²) in [7, 11) is -2.00. The lowest BCUT2D eigenvalue weighted by Crippen LogP contribution is -2.36. The van der Waals surface area contributed by atoms with E-state index in [9.17, 15) is 9.59 Å². The summed E-state index contributed by atoms with van der Waals surface area (Å²) in [6.07, 6.45) is 5.26. The first kappa shape index (κ1) is 17.9. The van der Waals surface area contributed by atoms with Crippen molar-refractivity contribution in [3.05, 3.63) is 12.2 Å². The summed E-state index contributed by atoms with van der Waals surface area (Å²) >= 11 is 0. The third-order valence-corrected chi connectivity index (χ3v) is 6.61. The van der Waals surface area contributed by atoms with Crippen molar-refractivity contribution in [2.45, 2.75) is 58.7 Å². The predicted molar refractivity (Wildman–Crippen MR) is 78.3 cm³/mol. The van der Waals surface area contributed by atoms with Crippen LogP contribution < -0.4 is 0 Å². The number of unbranched alkanes of at least 4 members (excludes halogenated alkanes) is 2. The van der Waals surface area contributed by atoms with Gasteiger partial charge in [0.1, 0.15) is 0 Å². The summed E-state index contributed by atoms with van der Waals surface area (Å²) in [6, 6.07) is 0. The highest BCUT2D eigenvalue weighted by atomic mass is 28.4. The fourth-order valence-electron chi connectivity index (χ4n) is 1.12. The van der Waals surface area contributed by atoms with Gasteiger partial charge in [0.15, 0.2) is 0 Å². The maximum Gasteiger partial charge on any atom is 0.331 e. The maximum absolute atomic E-state index is 11.6. The lowest BCUT2D eigenvalue weighted by Gasteiger charge is -2.25. The first-order valence-corrected chi connectivity index (χ1v) is 9.86. The quantitative estimate of drug-likeness (QED) is 0.297. The van der Waals surface area contributed by atoms with Crippen LogP contribution in [0.3, 0.4) is 0 Å². The zero-order valence-corrected chi connectivity index (χ0v) is 13.7. The van der Waals surface area contributed by atoms with Crippen LogP contribution in [-0.2, 0) is 18.8 Å².